The Morgan fingerprint density at radius 1 is 0.727 bits per heavy atom. The first-order valence-electron chi connectivity index (χ1n) is 14.8. The first-order chi connectivity index (χ1) is 21.4. The lowest BCUT2D eigenvalue weighted by Crippen LogP contribution is -2.56. The van der Waals surface area contributed by atoms with Gasteiger partial charge in [0.05, 0.1) is 13.0 Å². The molecule has 0 aromatic heterocycles. The van der Waals surface area contributed by atoms with E-state index in [1.54, 1.807) is 0 Å². The maximum atomic E-state index is 14.5. The molecular weight excluding hydrogens is 552 g/mol. The van der Waals surface area contributed by atoms with Crippen LogP contribution in [0.5, 0.6) is 5.75 Å². The third kappa shape index (κ3) is 9.28. The summed E-state index contributed by atoms with van der Waals surface area (Å²) in [5.41, 5.74) is 16.0. The summed E-state index contributed by atoms with van der Waals surface area (Å²) in [5, 5.41) is 2.97. The number of nitrogens with zero attached hydrogens (tertiary/aromatic N) is 1. The van der Waals surface area contributed by atoms with Gasteiger partial charge in [-0.15, -0.1) is 0 Å². The molecule has 4 rings (SSSR count). The molecule has 0 spiro atoms. The molecule has 0 aliphatic heterocycles. The summed E-state index contributed by atoms with van der Waals surface area (Å²) in [6.07, 6.45) is 0.555. The zero-order valence-corrected chi connectivity index (χ0v) is 25.0. The predicted octanol–water partition coefficient (Wildman–Crippen LogP) is 3.94. The third-order valence-corrected chi connectivity index (χ3v) is 7.39. The molecule has 2 atom stereocenters. The number of nitrogens with one attached hydrogen (secondary N) is 1. The van der Waals surface area contributed by atoms with Crippen LogP contribution in [-0.2, 0) is 46.7 Å². The van der Waals surface area contributed by atoms with Crippen molar-refractivity contribution in [2.24, 2.45) is 11.5 Å². The molecule has 44 heavy (non-hydrogen) atoms. The van der Waals surface area contributed by atoms with Crippen LogP contribution < -0.4 is 21.5 Å². The van der Waals surface area contributed by atoms with E-state index in [2.05, 4.69) is 5.32 Å². The molecule has 8 heteroatoms. The van der Waals surface area contributed by atoms with E-state index in [0.717, 1.165) is 27.8 Å². The normalized spacial score (nSPS) is 12.1. The number of rotatable bonds is 15. The van der Waals surface area contributed by atoms with Crippen LogP contribution >= 0.6 is 0 Å². The van der Waals surface area contributed by atoms with E-state index in [-0.39, 0.29) is 31.7 Å². The zero-order valence-electron chi connectivity index (χ0n) is 25.0. The lowest BCUT2D eigenvalue weighted by atomic mass is 9.99. The average Bonchev–Trinajstić information content (AvgIpc) is 3.04. The van der Waals surface area contributed by atoms with Gasteiger partial charge in [0.25, 0.3) is 0 Å². The minimum absolute atomic E-state index is 0.109. The number of hydrogen-bond donors (Lipinski definition) is 3. The number of carbonyl (C=O) groups excluding carboxylic acids is 3. The van der Waals surface area contributed by atoms with Crippen molar-refractivity contribution in [1.82, 2.24) is 10.2 Å². The minimum atomic E-state index is -0.954. The van der Waals surface area contributed by atoms with Gasteiger partial charge in [-0.3, -0.25) is 14.4 Å². The number of benzene rings is 4. The van der Waals surface area contributed by atoms with Crippen LogP contribution in [0.4, 0.5) is 0 Å². The monoisotopic (exact) mass is 592 g/mol. The smallest absolute Gasteiger partial charge is 0.246 e. The van der Waals surface area contributed by atoms with Crippen LogP contribution in [-0.4, -0.2) is 41.3 Å². The largest absolute Gasteiger partial charge is 0.494 e. The van der Waals surface area contributed by atoms with Gasteiger partial charge < -0.3 is 26.4 Å². The maximum absolute atomic E-state index is 14.5. The summed E-state index contributed by atoms with van der Waals surface area (Å²) < 4.78 is 5.58. The number of nitrogens with two attached hydrogens (primary N) is 2. The summed E-state index contributed by atoms with van der Waals surface area (Å²) in [6, 6.07) is 31.9. The van der Waals surface area contributed by atoms with Crippen molar-refractivity contribution in [3.63, 3.8) is 0 Å². The van der Waals surface area contributed by atoms with Crippen molar-refractivity contribution in [3.8, 4) is 5.75 Å². The fraction of sp³-hybridized carbons (Fsp3) is 0.250. The molecule has 0 saturated carbocycles. The molecule has 3 amide bonds. The van der Waals surface area contributed by atoms with Gasteiger partial charge >= 0.3 is 0 Å². The Morgan fingerprint density at radius 2 is 1.27 bits per heavy atom. The van der Waals surface area contributed by atoms with Crippen molar-refractivity contribution >= 4 is 17.7 Å². The van der Waals surface area contributed by atoms with Crippen molar-refractivity contribution < 1.29 is 19.1 Å². The van der Waals surface area contributed by atoms with Gasteiger partial charge in [-0.2, -0.15) is 0 Å². The maximum Gasteiger partial charge on any atom is 0.246 e. The fourth-order valence-electron chi connectivity index (χ4n) is 5.07. The molecule has 0 saturated heterocycles. The van der Waals surface area contributed by atoms with Crippen LogP contribution in [0.2, 0.25) is 0 Å². The molecule has 0 radical (unpaired) electrons. The highest BCUT2D eigenvalue weighted by Crippen LogP contribution is 2.19. The second-order valence-corrected chi connectivity index (χ2v) is 10.7. The van der Waals surface area contributed by atoms with Gasteiger partial charge in [-0.1, -0.05) is 97.1 Å². The number of primary amides is 1. The van der Waals surface area contributed by atoms with Crippen LogP contribution in [0, 0.1) is 0 Å². The number of ether oxygens (including phenoxy) is 1. The molecule has 4 aromatic carbocycles. The zero-order chi connectivity index (χ0) is 31.3. The SMILES string of the molecule is CCOc1ccc(C[C@@H](NC(=O)Cc2ccccc2)C(=O)N(Cc2ccc(CN)cc2)[C@@H](Cc2ccccc2)C(N)=O)cc1. The summed E-state index contributed by atoms with van der Waals surface area (Å²) in [5.74, 6) is -0.614. The van der Waals surface area contributed by atoms with Crippen molar-refractivity contribution in [3.05, 3.63) is 137 Å². The average molecular weight is 593 g/mol. The topological polar surface area (TPSA) is 128 Å². The molecule has 0 aliphatic carbocycles. The summed E-state index contributed by atoms with van der Waals surface area (Å²) in [4.78, 5) is 42.3. The lowest BCUT2D eigenvalue weighted by molar-refractivity contribution is -0.143. The van der Waals surface area contributed by atoms with Gasteiger partial charge in [0.15, 0.2) is 0 Å². The minimum Gasteiger partial charge on any atom is -0.494 e. The summed E-state index contributed by atoms with van der Waals surface area (Å²) >= 11 is 0. The van der Waals surface area contributed by atoms with Crippen LogP contribution in [0.1, 0.15) is 34.7 Å². The fourth-order valence-corrected chi connectivity index (χ4v) is 5.07. The standard InChI is InChI=1S/C36H40N4O4/c1-2-44-31-19-17-28(18-20-31)21-32(39-34(41)23-27-11-7-4-8-12-27)36(43)40(25-30-15-13-29(24-37)14-16-30)33(35(38)42)22-26-9-5-3-6-10-26/h3-20,32-33H,2,21-25,37H2,1H3,(H2,38,42)(H,39,41)/t32-,33+/m1/s1. The first-order valence-corrected chi connectivity index (χ1v) is 14.8. The van der Waals surface area contributed by atoms with Crippen molar-refractivity contribution in [2.45, 2.75) is 51.4 Å². The molecule has 0 bridgehead atoms. The summed E-state index contributed by atoms with van der Waals surface area (Å²) in [6.45, 7) is 2.96. The van der Waals surface area contributed by atoms with E-state index in [1.165, 1.54) is 4.90 Å². The third-order valence-electron chi connectivity index (χ3n) is 7.39. The van der Waals surface area contributed by atoms with Crippen LogP contribution in [0.15, 0.2) is 109 Å². The molecule has 0 unspecified atom stereocenters. The molecule has 5 N–H and O–H groups in total. The highest BCUT2D eigenvalue weighted by molar-refractivity contribution is 5.92. The van der Waals surface area contributed by atoms with Gasteiger partial charge in [0.1, 0.15) is 17.8 Å². The molecule has 0 heterocycles. The molecule has 8 nitrogen and oxygen atoms in total. The van der Waals surface area contributed by atoms with Gasteiger partial charge in [0, 0.05) is 25.9 Å². The Kier molecular flexibility index (Phi) is 11.7. The Balaban J connectivity index is 1.68. The van der Waals surface area contributed by atoms with Gasteiger partial charge in [0.2, 0.25) is 17.7 Å². The Hall–Kier alpha value is -4.95. The quantitative estimate of drug-likeness (QED) is 0.193. The van der Waals surface area contributed by atoms with Gasteiger partial charge in [-0.05, 0) is 46.9 Å². The van der Waals surface area contributed by atoms with Crippen LogP contribution in [0.3, 0.4) is 0 Å². The molecule has 0 fully saturated rings. The van der Waals surface area contributed by atoms with Crippen molar-refractivity contribution in [1.29, 1.82) is 0 Å². The first kappa shape index (κ1) is 32.0. The lowest BCUT2D eigenvalue weighted by Gasteiger charge is -2.33. The number of hydrogen-bond acceptors (Lipinski definition) is 5. The summed E-state index contributed by atoms with van der Waals surface area (Å²) in [7, 11) is 0. The van der Waals surface area contributed by atoms with Gasteiger partial charge in [-0.25, -0.2) is 0 Å². The molecule has 0 aliphatic rings. The number of amides is 3. The second-order valence-electron chi connectivity index (χ2n) is 10.7. The highest BCUT2D eigenvalue weighted by Gasteiger charge is 2.34. The van der Waals surface area contributed by atoms with E-state index in [1.807, 2.05) is 116 Å². The molecule has 228 valence electrons. The predicted molar refractivity (Wildman–Crippen MR) is 171 cm³/mol. The van der Waals surface area contributed by atoms with E-state index >= 15 is 0 Å². The highest BCUT2D eigenvalue weighted by atomic mass is 16.5. The van der Waals surface area contributed by atoms with E-state index in [0.29, 0.717) is 18.9 Å². The van der Waals surface area contributed by atoms with E-state index in [4.69, 9.17) is 16.2 Å². The second kappa shape index (κ2) is 16.0. The molecular formula is C36H40N4O4. The van der Waals surface area contributed by atoms with Crippen LogP contribution in [0.25, 0.3) is 0 Å². The van der Waals surface area contributed by atoms with Crippen molar-refractivity contribution in [2.75, 3.05) is 6.61 Å². The van der Waals surface area contributed by atoms with E-state index in [9.17, 15) is 14.4 Å². The Labute approximate surface area is 259 Å². The molecule has 4 aromatic rings. The van der Waals surface area contributed by atoms with E-state index < -0.39 is 23.9 Å². The Bertz CT molecular complexity index is 1490. The number of carbonyl (C=O) groups is 3. The Morgan fingerprint density at radius 3 is 1.84 bits per heavy atom.